The van der Waals surface area contributed by atoms with Crippen LogP contribution in [0.4, 0.5) is 0 Å². The standard InChI is InChI=1S/C13H9ClNO/c14-12-8-4-3-6-10(12)9-5-1-2-7-11(9)13(15)16/h1,3-8H,(H2,15,16). The van der Waals surface area contributed by atoms with Gasteiger partial charge in [0, 0.05) is 16.1 Å². The summed E-state index contributed by atoms with van der Waals surface area (Å²) in [6, 6.07) is 15.2. The third-order valence-electron chi connectivity index (χ3n) is 2.29. The molecule has 1 radical (unpaired) electrons. The summed E-state index contributed by atoms with van der Waals surface area (Å²) in [6.45, 7) is 0. The summed E-state index contributed by atoms with van der Waals surface area (Å²) in [7, 11) is 0. The highest BCUT2D eigenvalue weighted by molar-refractivity contribution is 6.33. The van der Waals surface area contributed by atoms with Crippen molar-refractivity contribution in [2.24, 2.45) is 5.73 Å². The molecule has 0 aliphatic heterocycles. The molecule has 3 heteroatoms. The molecule has 0 saturated heterocycles. The van der Waals surface area contributed by atoms with Crippen molar-refractivity contribution in [3.8, 4) is 11.1 Å². The Morgan fingerprint density at radius 1 is 1.19 bits per heavy atom. The summed E-state index contributed by atoms with van der Waals surface area (Å²) in [6.07, 6.45) is 0. The van der Waals surface area contributed by atoms with Crippen LogP contribution in [0, 0.1) is 6.07 Å². The normalized spacial score (nSPS) is 10.1. The number of carbonyl (C=O) groups is 1. The summed E-state index contributed by atoms with van der Waals surface area (Å²) in [4.78, 5) is 11.3. The Labute approximate surface area is 98.7 Å². The quantitative estimate of drug-likeness (QED) is 0.847. The number of rotatable bonds is 2. The van der Waals surface area contributed by atoms with Gasteiger partial charge in [-0.05, 0) is 23.8 Å². The van der Waals surface area contributed by atoms with Crippen molar-refractivity contribution >= 4 is 17.5 Å². The van der Waals surface area contributed by atoms with Gasteiger partial charge in [0.2, 0.25) is 5.91 Å². The first-order valence-electron chi connectivity index (χ1n) is 4.75. The molecule has 0 unspecified atom stereocenters. The Balaban J connectivity index is 2.65. The van der Waals surface area contributed by atoms with Gasteiger partial charge in [0.1, 0.15) is 0 Å². The van der Waals surface area contributed by atoms with E-state index in [1.807, 2.05) is 18.2 Å². The molecule has 0 saturated carbocycles. The minimum Gasteiger partial charge on any atom is -0.366 e. The van der Waals surface area contributed by atoms with Crippen molar-refractivity contribution in [1.82, 2.24) is 0 Å². The highest BCUT2D eigenvalue weighted by atomic mass is 35.5. The maximum absolute atomic E-state index is 11.3. The fraction of sp³-hybridized carbons (Fsp3) is 0. The van der Waals surface area contributed by atoms with Crippen molar-refractivity contribution in [2.75, 3.05) is 0 Å². The van der Waals surface area contributed by atoms with Gasteiger partial charge in [-0.1, -0.05) is 41.9 Å². The Morgan fingerprint density at radius 2 is 1.94 bits per heavy atom. The molecule has 0 atom stereocenters. The van der Waals surface area contributed by atoms with Gasteiger partial charge in [0.05, 0.1) is 0 Å². The SMILES string of the molecule is NC(=O)c1c[c]ccc1-c1ccccc1Cl. The number of hydrogen-bond acceptors (Lipinski definition) is 1. The van der Waals surface area contributed by atoms with Crippen LogP contribution in [0.3, 0.4) is 0 Å². The van der Waals surface area contributed by atoms with Crippen molar-refractivity contribution in [2.45, 2.75) is 0 Å². The number of amides is 1. The smallest absolute Gasteiger partial charge is 0.249 e. The largest absolute Gasteiger partial charge is 0.366 e. The van der Waals surface area contributed by atoms with Gasteiger partial charge in [-0.3, -0.25) is 4.79 Å². The fourth-order valence-corrected chi connectivity index (χ4v) is 1.79. The molecule has 2 aromatic rings. The molecule has 0 aliphatic carbocycles. The maximum atomic E-state index is 11.3. The molecular formula is C13H9ClNO. The molecule has 0 aliphatic rings. The van der Waals surface area contributed by atoms with Crippen LogP contribution in [0.5, 0.6) is 0 Å². The van der Waals surface area contributed by atoms with E-state index in [1.165, 1.54) is 0 Å². The first kappa shape index (κ1) is 10.7. The van der Waals surface area contributed by atoms with Gasteiger partial charge < -0.3 is 5.73 Å². The summed E-state index contributed by atoms with van der Waals surface area (Å²) in [5.41, 5.74) is 7.26. The molecular weight excluding hydrogens is 222 g/mol. The highest BCUT2D eigenvalue weighted by Crippen LogP contribution is 2.29. The molecule has 0 fully saturated rings. The van der Waals surface area contributed by atoms with Crippen LogP contribution >= 0.6 is 11.6 Å². The van der Waals surface area contributed by atoms with Crippen molar-refractivity contribution < 1.29 is 4.79 Å². The zero-order chi connectivity index (χ0) is 11.5. The number of benzene rings is 2. The van der Waals surface area contributed by atoms with Gasteiger partial charge in [-0.25, -0.2) is 0 Å². The van der Waals surface area contributed by atoms with Gasteiger partial charge >= 0.3 is 0 Å². The number of halogens is 1. The van der Waals surface area contributed by atoms with E-state index in [1.54, 1.807) is 24.3 Å². The predicted molar refractivity (Wildman–Crippen MR) is 64.2 cm³/mol. The third-order valence-corrected chi connectivity index (χ3v) is 2.62. The average molecular weight is 231 g/mol. The summed E-state index contributed by atoms with van der Waals surface area (Å²) in [5.74, 6) is -0.480. The summed E-state index contributed by atoms with van der Waals surface area (Å²) < 4.78 is 0. The van der Waals surface area contributed by atoms with Crippen LogP contribution in [0.25, 0.3) is 11.1 Å². The van der Waals surface area contributed by atoms with E-state index >= 15 is 0 Å². The van der Waals surface area contributed by atoms with E-state index in [2.05, 4.69) is 6.07 Å². The molecule has 2 nitrogen and oxygen atoms in total. The van der Waals surface area contributed by atoms with E-state index in [0.717, 1.165) is 11.1 Å². The van der Waals surface area contributed by atoms with Crippen LogP contribution in [-0.4, -0.2) is 5.91 Å². The molecule has 0 heterocycles. The second kappa shape index (κ2) is 4.37. The molecule has 2 aromatic carbocycles. The Bertz CT molecular complexity index is 537. The number of primary amides is 1. The molecule has 79 valence electrons. The minimum absolute atomic E-state index is 0.426. The number of nitrogens with two attached hydrogens (primary N) is 1. The van der Waals surface area contributed by atoms with Crippen LogP contribution < -0.4 is 5.73 Å². The van der Waals surface area contributed by atoms with Crippen LogP contribution in [0.2, 0.25) is 5.02 Å². The van der Waals surface area contributed by atoms with E-state index in [-0.39, 0.29) is 0 Å². The molecule has 16 heavy (non-hydrogen) atoms. The van der Waals surface area contributed by atoms with E-state index < -0.39 is 5.91 Å². The van der Waals surface area contributed by atoms with Gasteiger partial charge in [0.25, 0.3) is 0 Å². The Hall–Kier alpha value is -1.80. The van der Waals surface area contributed by atoms with Crippen LogP contribution in [0.15, 0.2) is 42.5 Å². The third kappa shape index (κ3) is 1.92. The first-order chi connectivity index (χ1) is 7.70. The van der Waals surface area contributed by atoms with Crippen LogP contribution in [-0.2, 0) is 0 Å². The van der Waals surface area contributed by atoms with E-state index in [9.17, 15) is 4.79 Å². The topological polar surface area (TPSA) is 43.1 Å². The maximum Gasteiger partial charge on any atom is 0.249 e. The first-order valence-corrected chi connectivity index (χ1v) is 5.13. The van der Waals surface area contributed by atoms with Crippen molar-refractivity contribution in [3.05, 3.63) is 59.1 Å². The highest BCUT2D eigenvalue weighted by Gasteiger charge is 2.10. The zero-order valence-electron chi connectivity index (χ0n) is 8.41. The second-order valence-corrected chi connectivity index (χ2v) is 3.72. The lowest BCUT2D eigenvalue weighted by Gasteiger charge is -2.07. The van der Waals surface area contributed by atoms with E-state index in [4.69, 9.17) is 17.3 Å². The number of carbonyl (C=O) groups excluding carboxylic acids is 1. The lowest BCUT2D eigenvalue weighted by Crippen LogP contribution is -2.12. The Morgan fingerprint density at radius 3 is 2.62 bits per heavy atom. The molecule has 0 spiro atoms. The van der Waals surface area contributed by atoms with E-state index in [0.29, 0.717) is 10.6 Å². The number of hydrogen-bond donors (Lipinski definition) is 1. The summed E-state index contributed by atoms with van der Waals surface area (Å²) >= 11 is 6.07. The monoisotopic (exact) mass is 230 g/mol. The molecule has 1 amide bonds. The minimum atomic E-state index is -0.480. The average Bonchev–Trinajstić information content (AvgIpc) is 2.29. The van der Waals surface area contributed by atoms with Crippen LogP contribution in [0.1, 0.15) is 10.4 Å². The second-order valence-electron chi connectivity index (χ2n) is 3.32. The predicted octanol–water partition coefficient (Wildman–Crippen LogP) is 2.91. The zero-order valence-corrected chi connectivity index (χ0v) is 9.16. The van der Waals surface area contributed by atoms with Crippen molar-refractivity contribution in [1.29, 1.82) is 0 Å². The molecule has 0 bridgehead atoms. The Kier molecular flexibility index (Phi) is 2.93. The summed E-state index contributed by atoms with van der Waals surface area (Å²) in [5, 5.41) is 0.594. The van der Waals surface area contributed by atoms with Gasteiger partial charge in [0.15, 0.2) is 0 Å². The fourth-order valence-electron chi connectivity index (χ4n) is 1.55. The van der Waals surface area contributed by atoms with Crippen molar-refractivity contribution in [3.63, 3.8) is 0 Å². The molecule has 2 rings (SSSR count). The lowest BCUT2D eigenvalue weighted by atomic mass is 9.99. The van der Waals surface area contributed by atoms with Gasteiger partial charge in [-0.15, -0.1) is 0 Å². The lowest BCUT2D eigenvalue weighted by molar-refractivity contribution is 0.100. The molecule has 0 aromatic heterocycles. The van der Waals surface area contributed by atoms with Gasteiger partial charge in [-0.2, -0.15) is 0 Å². The molecule has 2 N–H and O–H groups in total.